The second kappa shape index (κ2) is 8.08. The van der Waals surface area contributed by atoms with Gasteiger partial charge in [0.1, 0.15) is 6.04 Å². The highest BCUT2D eigenvalue weighted by molar-refractivity contribution is 7.98. The van der Waals surface area contributed by atoms with Crippen LogP contribution < -0.4 is 5.32 Å². The van der Waals surface area contributed by atoms with Gasteiger partial charge in [0, 0.05) is 10.5 Å². The molecule has 0 heterocycles. The average Bonchev–Trinajstić information content (AvgIpc) is 2.45. The van der Waals surface area contributed by atoms with E-state index in [1.807, 2.05) is 39.2 Å². The standard InChI is InChI=1S/C16H23NO3S/c1-10(2)8-13(16(19)20-4)17-15(18)12-7-6-11(3)14(9-12)21-5/h6-7,9-10,13H,8H2,1-5H3,(H,17,18)/t13-/m1/s1. The minimum atomic E-state index is -0.610. The number of aryl methyl sites for hydroxylation is 1. The third-order valence-electron chi connectivity index (χ3n) is 3.17. The molecule has 0 saturated carbocycles. The summed E-state index contributed by atoms with van der Waals surface area (Å²) in [5, 5.41) is 2.76. The van der Waals surface area contributed by atoms with E-state index in [2.05, 4.69) is 5.32 Å². The number of benzene rings is 1. The molecular formula is C16H23NO3S. The quantitative estimate of drug-likeness (QED) is 0.648. The highest BCUT2D eigenvalue weighted by Gasteiger charge is 2.23. The van der Waals surface area contributed by atoms with E-state index >= 15 is 0 Å². The Morgan fingerprint density at radius 1 is 1.33 bits per heavy atom. The molecule has 0 unspecified atom stereocenters. The van der Waals surface area contributed by atoms with Crippen LogP contribution in [0.3, 0.4) is 0 Å². The molecule has 5 heteroatoms. The average molecular weight is 309 g/mol. The normalized spacial score (nSPS) is 12.1. The number of hydrogen-bond donors (Lipinski definition) is 1. The first kappa shape index (κ1) is 17.6. The van der Waals surface area contributed by atoms with Gasteiger partial charge in [0.25, 0.3) is 5.91 Å². The molecule has 0 aliphatic rings. The fourth-order valence-corrected chi connectivity index (χ4v) is 2.67. The Labute approximate surface area is 130 Å². The third-order valence-corrected chi connectivity index (χ3v) is 4.05. The number of carbonyl (C=O) groups is 2. The van der Waals surface area contributed by atoms with Gasteiger partial charge in [0.05, 0.1) is 7.11 Å². The summed E-state index contributed by atoms with van der Waals surface area (Å²) in [5.41, 5.74) is 1.69. The van der Waals surface area contributed by atoms with Crippen LogP contribution in [-0.2, 0) is 9.53 Å². The van der Waals surface area contributed by atoms with Crippen molar-refractivity contribution in [2.75, 3.05) is 13.4 Å². The topological polar surface area (TPSA) is 55.4 Å². The molecule has 0 aliphatic heterocycles. The Kier molecular flexibility index (Phi) is 6.75. The molecule has 1 aromatic rings. The number of hydrogen-bond acceptors (Lipinski definition) is 4. The van der Waals surface area contributed by atoms with Crippen LogP contribution in [0.4, 0.5) is 0 Å². The zero-order valence-electron chi connectivity index (χ0n) is 13.2. The molecule has 0 radical (unpaired) electrons. The number of rotatable bonds is 6. The SMILES string of the molecule is COC(=O)[C@@H](CC(C)C)NC(=O)c1ccc(C)c(SC)c1. The van der Waals surface area contributed by atoms with Crippen molar-refractivity contribution in [2.45, 2.75) is 38.1 Å². The molecule has 0 bridgehead atoms. The van der Waals surface area contributed by atoms with Crippen LogP contribution in [0.25, 0.3) is 0 Å². The Hall–Kier alpha value is -1.49. The van der Waals surface area contributed by atoms with Crippen molar-refractivity contribution in [3.8, 4) is 0 Å². The van der Waals surface area contributed by atoms with Gasteiger partial charge in [-0.2, -0.15) is 0 Å². The molecule has 1 aromatic carbocycles. The molecule has 0 fully saturated rings. The molecule has 21 heavy (non-hydrogen) atoms. The predicted molar refractivity (Wildman–Crippen MR) is 85.7 cm³/mol. The summed E-state index contributed by atoms with van der Waals surface area (Å²) in [4.78, 5) is 25.1. The van der Waals surface area contributed by atoms with E-state index < -0.39 is 12.0 Å². The van der Waals surface area contributed by atoms with Gasteiger partial charge in [-0.3, -0.25) is 4.79 Å². The van der Waals surface area contributed by atoms with Crippen molar-refractivity contribution in [2.24, 2.45) is 5.92 Å². The number of methoxy groups -OCH3 is 1. The van der Waals surface area contributed by atoms with Crippen LogP contribution in [0, 0.1) is 12.8 Å². The van der Waals surface area contributed by atoms with Gasteiger partial charge in [-0.15, -0.1) is 11.8 Å². The number of thioether (sulfide) groups is 1. The lowest BCUT2D eigenvalue weighted by molar-refractivity contribution is -0.143. The molecule has 4 nitrogen and oxygen atoms in total. The molecule has 1 amide bonds. The van der Waals surface area contributed by atoms with Gasteiger partial charge in [0.15, 0.2) is 0 Å². The van der Waals surface area contributed by atoms with Gasteiger partial charge < -0.3 is 10.1 Å². The maximum absolute atomic E-state index is 12.3. The highest BCUT2D eigenvalue weighted by atomic mass is 32.2. The highest BCUT2D eigenvalue weighted by Crippen LogP contribution is 2.21. The molecule has 0 aliphatic carbocycles. The van der Waals surface area contributed by atoms with E-state index in [0.717, 1.165) is 10.5 Å². The first-order chi connectivity index (χ1) is 9.88. The predicted octanol–water partition coefficient (Wildman–Crippen LogP) is 3.03. The maximum atomic E-state index is 12.3. The fourth-order valence-electron chi connectivity index (χ4n) is 2.03. The van der Waals surface area contributed by atoms with Gasteiger partial charge in [-0.1, -0.05) is 19.9 Å². The lowest BCUT2D eigenvalue weighted by Crippen LogP contribution is -2.42. The van der Waals surface area contributed by atoms with Gasteiger partial charge in [0.2, 0.25) is 0 Å². The van der Waals surface area contributed by atoms with Crippen LogP contribution in [0.5, 0.6) is 0 Å². The van der Waals surface area contributed by atoms with Crippen molar-refractivity contribution in [1.82, 2.24) is 5.32 Å². The molecule has 1 rings (SSSR count). The molecule has 0 aromatic heterocycles. The molecule has 1 atom stereocenters. The number of amides is 1. The lowest BCUT2D eigenvalue weighted by atomic mass is 10.0. The van der Waals surface area contributed by atoms with E-state index in [9.17, 15) is 9.59 Å². The van der Waals surface area contributed by atoms with E-state index in [-0.39, 0.29) is 11.8 Å². The van der Waals surface area contributed by atoms with Crippen LogP contribution >= 0.6 is 11.8 Å². The monoisotopic (exact) mass is 309 g/mol. The van der Waals surface area contributed by atoms with Gasteiger partial charge >= 0.3 is 5.97 Å². The Bertz CT molecular complexity index is 514. The molecule has 0 saturated heterocycles. The second-order valence-corrected chi connectivity index (χ2v) is 6.21. The van der Waals surface area contributed by atoms with Crippen LogP contribution in [0.15, 0.2) is 23.1 Å². The number of nitrogens with one attached hydrogen (secondary N) is 1. The summed E-state index contributed by atoms with van der Waals surface area (Å²) in [7, 11) is 1.33. The lowest BCUT2D eigenvalue weighted by Gasteiger charge is -2.18. The Morgan fingerprint density at radius 3 is 2.52 bits per heavy atom. The van der Waals surface area contributed by atoms with Crippen molar-refractivity contribution in [1.29, 1.82) is 0 Å². The first-order valence-electron chi connectivity index (χ1n) is 6.92. The summed E-state index contributed by atoms with van der Waals surface area (Å²) < 4.78 is 4.76. The van der Waals surface area contributed by atoms with Crippen molar-refractivity contribution < 1.29 is 14.3 Å². The number of esters is 1. The summed E-state index contributed by atoms with van der Waals surface area (Å²) >= 11 is 1.60. The van der Waals surface area contributed by atoms with Crippen LogP contribution in [0.2, 0.25) is 0 Å². The molecule has 116 valence electrons. The second-order valence-electron chi connectivity index (χ2n) is 5.36. The summed E-state index contributed by atoms with van der Waals surface area (Å²) in [6.07, 6.45) is 2.53. The Morgan fingerprint density at radius 2 is 2.00 bits per heavy atom. The van der Waals surface area contributed by atoms with Crippen LogP contribution in [0.1, 0.15) is 36.2 Å². The largest absolute Gasteiger partial charge is 0.467 e. The zero-order chi connectivity index (χ0) is 16.0. The zero-order valence-corrected chi connectivity index (χ0v) is 14.0. The molecule has 0 spiro atoms. The minimum Gasteiger partial charge on any atom is -0.467 e. The summed E-state index contributed by atoms with van der Waals surface area (Å²) in [6.45, 7) is 6.00. The van der Waals surface area contributed by atoms with E-state index in [0.29, 0.717) is 12.0 Å². The van der Waals surface area contributed by atoms with Crippen molar-refractivity contribution in [3.63, 3.8) is 0 Å². The summed E-state index contributed by atoms with van der Waals surface area (Å²) in [5.74, 6) is -0.371. The van der Waals surface area contributed by atoms with Crippen LogP contribution in [-0.4, -0.2) is 31.3 Å². The smallest absolute Gasteiger partial charge is 0.328 e. The van der Waals surface area contributed by atoms with E-state index in [1.54, 1.807) is 17.8 Å². The Balaban J connectivity index is 2.88. The maximum Gasteiger partial charge on any atom is 0.328 e. The fraction of sp³-hybridized carbons (Fsp3) is 0.500. The van der Waals surface area contributed by atoms with Gasteiger partial charge in [-0.25, -0.2) is 4.79 Å². The third kappa shape index (κ3) is 5.08. The van der Waals surface area contributed by atoms with Crippen molar-refractivity contribution in [3.05, 3.63) is 29.3 Å². The molecular weight excluding hydrogens is 286 g/mol. The first-order valence-corrected chi connectivity index (χ1v) is 8.14. The van der Waals surface area contributed by atoms with E-state index in [1.165, 1.54) is 7.11 Å². The van der Waals surface area contributed by atoms with E-state index in [4.69, 9.17) is 4.74 Å². The molecule has 1 N–H and O–H groups in total. The van der Waals surface area contributed by atoms with Crippen molar-refractivity contribution >= 4 is 23.6 Å². The summed E-state index contributed by atoms with van der Waals surface area (Å²) in [6, 6.07) is 4.92. The minimum absolute atomic E-state index is 0.249. The number of ether oxygens (including phenoxy) is 1. The van der Waals surface area contributed by atoms with Gasteiger partial charge in [-0.05, 0) is 43.2 Å². The number of carbonyl (C=O) groups excluding carboxylic acids is 2.